The molecular weight excluding hydrogens is 300 g/mol. The lowest BCUT2D eigenvalue weighted by Gasteiger charge is -2.20. The number of hydrogen-bond donors (Lipinski definition) is 2. The molecule has 0 bridgehead atoms. The Morgan fingerprint density at radius 2 is 2.00 bits per heavy atom. The molecule has 0 spiro atoms. The van der Waals surface area contributed by atoms with Gasteiger partial charge in [0.1, 0.15) is 0 Å². The summed E-state index contributed by atoms with van der Waals surface area (Å²) in [5.74, 6) is 0.321. The molecule has 1 rings (SSSR count). The van der Waals surface area contributed by atoms with Crippen LogP contribution in [0.2, 0.25) is 0 Å². The highest BCUT2D eigenvalue weighted by atomic mass is 32.1. The number of ether oxygens (including phenoxy) is 1. The van der Waals surface area contributed by atoms with Crippen molar-refractivity contribution in [2.45, 2.75) is 46.6 Å². The Labute approximate surface area is 136 Å². The lowest BCUT2D eigenvalue weighted by molar-refractivity contribution is 0.0948. The molecule has 0 aliphatic rings. The summed E-state index contributed by atoms with van der Waals surface area (Å²) in [7, 11) is 0. The van der Waals surface area contributed by atoms with Crippen molar-refractivity contribution in [1.82, 2.24) is 10.6 Å². The zero-order valence-electron chi connectivity index (χ0n) is 13.8. The van der Waals surface area contributed by atoms with Crippen LogP contribution in [0, 0.1) is 5.92 Å². The minimum atomic E-state index is -0.438. The second-order valence-corrected chi connectivity index (χ2v) is 6.69. The third kappa shape index (κ3) is 6.47. The van der Waals surface area contributed by atoms with Crippen LogP contribution in [0.25, 0.3) is 0 Å². The van der Waals surface area contributed by atoms with Gasteiger partial charge in [-0.15, -0.1) is 11.3 Å². The van der Waals surface area contributed by atoms with E-state index in [1.165, 1.54) is 16.2 Å². The summed E-state index contributed by atoms with van der Waals surface area (Å²) in [6.07, 6.45) is 1.27. The van der Waals surface area contributed by atoms with Gasteiger partial charge in [-0.25, -0.2) is 4.79 Å². The molecule has 0 aliphatic carbocycles. The van der Waals surface area contributed by atoms with Gasteiger partial charge in [0.15, 0.2) is 0 Å². The average Bonchev–Trinajstić information content (AvgIpc) is 2.93. The van der Waals surface area contributed by atoms with E-state index in [1.807, 2.05) is 12.1 Å². The van der Waals surface area contributed by atoms with Crippen molar-refractivity contribution in [3.05, 3.63) is 21.9 Å². The number of carbonyl (C=O) groups excluding carboxylic acids is 2. The molecule has 2 N–H and O–H groups in total. The van der Waals surface area contributed by atoms with Crippen LogP contribution in [0.1, 0.15) is 48.7 Å². The number of nitrogens with one attached hydrogen (secondary N) is 2. The van der Waals surface area contributed by atoms with Gasteiger partial charge in [0, 0.05) is 17.5 Å². The maximum Gasteiger partial charge on any atom is 0.407 e. The molecule has 0 aromatic carbocycles. The van der Waals surface area contributed by atoms with Crippen molar-refractivity contribution in [3.8, 4) is 0 Å². The molecule has 1 unspecified atom stereocenters. The van der Waals surface area contributed by atoms with E-state index in [4.69, 9.17) is 4.74 Å². The van der Waals surface area contributed by atoms with Gasteiger partial charge in [-0.1, -0.05) is 20.8 Å². The highest BCUT2D eigenvalue weighted by Crippen LogP contribution is 2.16. The first-order valence-electron chi connectivity index (χ1n) is 7.76. The summed E-state index contributed by atoms with van der Waals surface area (Å²) in [4.78, 5) is 25.6. The SMILES string of the molecule is CCOC(=O)NC(CNC(=O)c1ccc(CC)s1)CC(C)C. The Balaban J connectivity index is 2.54. The molecule has 0 saturated carbocycles. The topological polar surface area (TPSA) is 67.4 Å². The van der Waals surface area contributed by atoms with Gasteiger partial charge < -0.3 is 15.4 Å². The molecule has 124 valence electrons. The maximum absolute atomic E-state index is 12.1. The standard InChI is InChI=1S/C16H26N2O3S/c1-5-13-7-8-14(22-13)15(19)17-10-12(9-11(3)4)18-16(20)21-6-2/h7-8,11-12H,5-6,9-10H2,1-4H3,(H,17,19)(H,18,20). The predicted octanol–water partition coefficient (Wildman–Crippen LogP) is 3.20. The Kier molecular flexibility index (Phi) is 7.95. The molecule has 2 amide bonds. The lowest BCUT2D eigenvalue weighted by atomic mass is 10.0. The van der Waals surface area contributed by atoms with Crippen molar-refractivity contribution in [1.29, 1.82) is 0 Å². The summed E-state index contributed by atoms with van der Waals surface area (Å²) in [5.41, 5.74) is 0. The first-order valence-corrected chi connectivity index (χ1v) is 8.58. The number of alkyl carbamates (subject to hydrolysis) is 1. The van der Waals surface area contributed by atoms with Gasteiger partial charge in [-0.3, -0.25) is 4.79 Å². The van der Waals surface area contributed by atoms with E-state index in [0.717, 1.165) is 12.8 Å². The van der Waals surface area contributed by atoms with Crippen LogP contribution in [0.15, 0.2) is 12.1 Å². The van der Waals surface area contributed by atoms with Crippen LogP contribution < -0.4 is 10.6 Å². The minimum Gasteiger partial charge on any atom is -0.450 e. The van der Waals surface area contributed by atoms with E-state index in [2.05, 4.69) is 31.4 Å². The van der Waals surface area contributed by atoms with E-state index in [9.17, 15) is 9.59 Å². The Bertz CT molecular complexity index is 485. The first kappa shape index (κ1) is 18.5. The number of hydrogen-bond acceptors (Lipinski definition) is 4. The van der Waals surface area contributed by atoms with Crippen molar-refractivity contribution in [2.24, 2.45) is 5.92 Å². The highest BCUT2D eigenvalue weighted by Gasteiger charge is 2.17. The van der Waals surface area contributed by atoms with Gasteiger partial charge in [0.05, 0.1) is 11.5 Å². The monoisotopic (exact) mass is 326 g/mol. The molecule has 0 fully saturated rings. The maximum atomic E-state index is 12.1. The molecule has 5 nitrogen and oxygen atoms in total. The molecular formula is C16H26N2O3S. The van der Waals surface area contributed by atoms with Gasteiger partial charge >= 0.3 is 6.09 Å². The third-order valence-corrected chi connectivity index (χ3v) is 4.32. The van der Waals surface area contributed by atoms with E-state index in [1.54, 1.807) is 6.92 Å². The molecule has 0 saturated heterocycles. The van der Waals surface area contributed by atoms with E-state index < -0.39 is 6.09 Å². The molecule has 0 radical (unpaired) electrons. The molecule has 22 heavy (non-hydrogen) atoms. The normalized spacial score (nSPS) is 12.0. The van der Waals surface area contributed by atoms with Crippen molar-refractivity contribution in [2.75, 3.05) is 13.2 Å². The quantitative estimate of drug-likeness (QED) is 0.771. The zero-order chi connectivity index (χ0) is 16.5. The minimum absolute atomic E-state index is 0.0934. The Morgan fingerprint density at radius 1 is 1.27 bits per heavy atom. The van der Waals surface area contributed by atoms with Gasteiger partial charge in [-0.05, 0) is 37.8 Å². The summed E-state index contributed by atoms with van der Waals surface area (Å²) in [6.45, 7) is 8.72. The first-order chi connectivity index (χ1) is 10.5. The van der Waals surface area contributed by atoms with E-state index >= 15 is 0 Å². The number of thiophene rings is 1. The lowest BCUT2D eigenvalue weighted by Crippen LogP contribution is -2.44. The average molecular weight is 326 g/mol. The van der Waals surface area contributed by atoms with E-state index in [-0.39, 0.29) is 11.9 Å². The molecule has 0 aliphatic heterocycles. The van der Waals surface area contributed by atoms with Crippen LogP contribution in [-0.4, -0.2) is 31.2 Å². The highest BCUT2D eigenvalue weighted by molar-refractivity contribution is 7.14. The van der Waals surface area contributed by atoms with Crippen LogP contribution in [0.5, 0.6) is 0 Å². The van der Waals surface area contributed by atoms with Gasteiger partial charge in [0.25, 0.3) is 5.91 Å². The molecule has 1 atom stereocenters. The summed E-state index contributed by atoms with van der Waals surface area (Å²) in [5, 5.41) is 5.69. The van der Waals surface area contributed by atoms with Crippen LogP contribution >= 0.6 is 11.3 Å². The van der Waals surface area contributed by atoms with Crippen molar-refractivity contribution < 1.29 is 14.3 Å². The molecule has 1 heterocycles. The predicted molar refractivity (Wildman–Crippen MR) is 89.4 cm³/mol. The van der Waals surface area contributed by atoms with Crippen LogP contribution in [0.3, 0.4) is 0 Å². The Morgan fingerprint density at radius 3 is 2.55 bits per heavy atom. The summed E-state index contributed by atoms with van der Waals surface area (Å²) < 4.78 is 4.90. The summed E-state index contributed by atoms with van der Waals surface area (Å²) in [6, 6.07) is 3.69. The van der Waals surface area contributed by atoms with Crippen molar-refractivity contribution in [3.63, 3.8) is 0 Å². The van der Waals surface area contributed by atoms with Crippen LogP contribution in [-0.2, 0) is 11.2 Å². The molecule has 6 heteroatoms. The largest absolute Gasteiger partial charge is 0.450 e. The fourth-order valence-electron chi connectivity index (χ4n) is 2.09. The molecule has 1 aromatic heterocycles. The fourth-order valence-corrected chi connectivity index (χ4v) is 2.96. The summed E-state index contributed by atoms with van der Waals surface area (Å²) >= 11 is 1.50. The van der Waals surface area contributed by atoms with Crippen molar-refractivity contribution >= 4 is 23.3 Å². The number of aryl methyl sites for hydroxylation is 1. The second-order valence-electron chi connectivity index (χ2n) is 5.52. The van der Waals surface area contributed by atoms with Gasteiger partial charge in [0.2, 0.25) is 0 Å². The van der Waals surface area contributed by atoms with E-state index in [0.29, 0.717) is 23.9 Å². The molecule has 1 aromatic rings. The fraction of sp³-hybridized carbons (Fsp3) is 0.625. The second kappa shape index (κ2) is 9.46. The Hall–Kier alpha value is -1.56. The third-order valence-electron chi connectivity index (χ3n) is 3.10. The smallest absolute Gasteiger partial charge is 0.407 e. The zero-order valence-corrected chi connectivity index (χ0v) is 14.6. The number of rotatable bonds is 8. The van der Waals surface area contributed by atoms with Gasteiger partial charge in [-0.2, -0.15) is 0 Å². The number of amides is 2. The number of carbonyl (C=O) groups is 2. The van der Waals surface area contributed by atoms with Crippen LogP contribution in [0.4, 0.5) is 4.79 Å².